The van der Waals surface area contributed by atoms with Gasteiger partial charge in [-0.15, -0.1) is 0 Å². The van der Waals surface area contributed by atoms with E-state index >= 15 is 0 Å². The van der Waals surface area contributed by atoms with Crippen LogP contribution in [-0.2, 0) is 9.53 Å². The van der Waals surface area contributed by atoms with Crippen LogP contribution in [0.15, 0.2) is 17.1 Å². The molecular formula is C12H15Cl2NO3. The van der Waals surface area contributed by atoms with E-state index in [1.54, 1.807) is 6.92 Å². The van der Waals surface area contributed by atoms with Crippen LogP contribution in [0.25, 0.3) is 0 Å². The summed E-state index contributed by atoms with van der Waals surface area (Å²) in [5.41, 5.74) is -0.463. The van der Waals surface area contributed by atoms with E-state index < -0.39 is 17.6 Å². The predicted octanol–water partition coefficient (Wildman–Crippen LogP) is 2.92. The third-order valence-electron chi connectivity index (χ3n) is 2.28. The minimum atomic E-state index is -0.757. The summed E-state index contributed by atoms with van der Waals surface area (Å²) in [6.45, 7) is 5.74. The summed E-state index contributed by atoms with van der Waals surface area (Å²) >= 11 is 11.5. The zero-order chi connectivity index (χ0) is 13.9. The van der Waals surface area contributed by atoms with Crippen molar-refractivity contribution in [2.75, 3.05) is 6.61 Å². The first kappa shape index (κ1) is 15.1. The lowest BCUT2D eigenvalue weighted by Crippen LogP contribution is -2.29. The zero-order valence-electron chi connectivity index (χ0n) is 10.4. The van der Waals surface area contributed by atoms with Gasteiger partial charge in [0.05, 0.1) is 11.6 Å². The number of hydrogen-bond acceptors (Lipinski definition) is 3. The second kappa shape index (κ2) is 6.25. The Morgan fingerprint density at radius 2 is 2.00 bits per heavy atom. The van der Waals surface area contributed by atoms with Gasteiger partial charge in [-0.05, 0) is 18.9 Å². The molecule has 0 aliphatic carbocycles. The second-order valence-electron chi connectivity index (χ2n) is 4.42. The van der Waals surface area contributed by atoms with Gasteiger partial charge in [0, 0.05) is 6.20 Å². The van der Waals surface area contributed by atoms with Crippen LogP contribution in [-0.4, -0.2) is 17.1 Å². The van der Waals surface area contributed by atoms with Gasteiger partial charge < -0.3 is 4.74 Å². The summed E-state index contributed by atoms with van der Waals surface area (Å²) in [6.07, 6.45) is 1.37. The molecule has 0 aliphatic rings. The average Bonchev–Trinajstić information content (AvgIpc) is 2.29. The largest absolute Gasteiger partial charge is 0.464 e. The third kappa shape index (κ3) is 3.75. The highest BCUT2D eigenvalue weighted by atomic mass is 35.5. The molecule has 1 atom stereocenters. The van der Waals surface area contributed by atoms with Crippen molar-refractivity contribution in [3.8, 4) is 0 Å². The van der Waals surface area contributed by atoms with E-state index in [1.807, 2.05) is 13.8 Å². The van der Waals surface area contributed by atoms with Gasteiger partial charge in [0.25, 0.3) is 5.56 Å². The normalized spacial score (nSPS) is 12.6. The van der Waals surface area contributed by atoms with Crippen molar-refractivity contribution in [3.63, 3.8) is 0 Å². The minimum Gasteiger partial charge on any atom is -0.464 e. The summed E-state index contributed by atoms with van der Waals surface area (Å²) in [6, 6.07) is 0.584. The highest BCUT2D eigenvalue weighted by molar-refractivity contribution is 6.34. The monoisotopic (exact) mass is 291 g/mol. The minimum absolute atomic E-state index is 0.0222. The van der Waals surface area contributed by atoms with Gasteiger partial charge in [-0.2, -0.15) is 0 Å². The van der Waals surface area contributed by atoms with Gasteiger partial charge in [0.1, 0.15) is 11.1 Å². The molecule has 0 saturated carbocycles. The van der Waals surface area contributed by atoms with Gasteiger partial charge in [-0.1, -0.05) is 37.0 Å². The molecule has 0 amide bonds. The van der Waals surface area contributed by atoms with Gasteiger partial charge >= 0.3 is 5.97 Å². The van der Waals surface area contributed by atoms with Crippen molar-refractivity contribution >= 4 is 29.2 Å². The van der Waals surface area contributed by atoms with Crippen molar-refractivity contribution < 1.29 is 9.53 Å². The van der Waals surface area contributed by atoms with Crippen molar-refractivity contribution in [2.45, 2.75) is 26.8 Å². The quantitative estimate of drug-likeness (QED) is 0.802. The van der Waals surface area contributed by atoms with Crippen LogP contribution >= 0.6 is 23.2 Å². The lowest BCUT2D eigenvalue weighted by molar-refractivity contribution is -0.148. The number of hydrogen-bond donors (Lipinski definition) is 0. The molecule has 1 aromatic heterocycles. The number of halogens is 2. The Hall–Kier alpha value is -1.00. The fraction of sp³-hybridized carbons (Fsp3) is 0.500. The molecule has 1 rings (SSSR count). The van der Waals surface area contributed by atoms with Crippen LogP contribution in [0.3, 0.4) is 0 Å². The van der Waals surface area contributed by atoms with Gasteiger partial charge in [0.15, 0.2) is 0 Å². The lowest BCUT2D eigenvalue weighted by atomic mass is 10.2. The van der Waals surface area contributed by atoms with E-state index in [0.717, 1.165) is 0 Å². The molecule has 0 saturated heterocycles. The van der Waals surface area contributed by atoms with Crippen LogP contribution in [0, 0.1) is 5.92 Å². The fourth-order valence-corrected chi connectivity index (χ4v) is 1.79. The molecule has 1 unspecified atom stereocenters. The summed E-state index contributed by atoms with van der Waals surface area (Å²) < 4.78 is 6.24. The second-order valence-corrected chi connectivity index (χ2v) is 5.26. The molecular weight excluding hydrogens is 277 g/mol. The number of aromatic nitrogens is 1. The summed E-state index contributed by atoms with van der Waals surface area (Å²) in [4.78, 5) is 23.5. The Kier molecular flexibility index (Phi) is 5.23. The Bertz CT molecular complexity index is 497. The van der Waals surface area contributed by atoms with Crippen LogP contribution in [0.4, 0.5) is 0 Å². The molecule has 0 fully saturated rings. The molecule has 1 aromatic rings. The Morgan fingerprint density at radius 1 is 1.39 bits per heavy atom. The number of carbonyl (C=O) groups is 1. The van der Waals surface area contributed by atoms with Crippen molar-refractivity contribution in [1.29, 1.82) is 0 Å². The molecule has 100 valence electrons. The van der Waals surface area contributed by atoms with Gasteiger partial charge in [0.2, 0.25) is 0 Å². The average molecular weight is 292 g/mol. The number of esters is 1. The first-order valence-electron chi connectivity index (χ1n) is 5.56. The molecule has 1 heterocycles. The Morgan fingerprint density at radius 3 is 2.56 bits per heavy atom. The number of ether oxygens (including phenoxy) is 1. The summed E-state index contributed by atoms with van der Waals surface area (Å²) in [7, 11) is 0. The van der Waals surface area contributed by atoms with E-state index in [4.69, 9.17) is 27.9 Å². The molecule has 0 radical (unpaired) electrons. The Labute approximate surface area is 115 Å². The molecule has 0 aliphatic heterocycles. The molecule has 0 bridgehead atoms. The Balaban J connectivity index is 2.93. The van der Waals surface area contributed by atoms with E-state index in [1.165, 1.54) is 16.8 Å². The van der Waals surface area contributed by atoms with Gasteiger partial charge in [-0.3, -0.25) is 9.36 Å². The van der Waals surface area contributed by atoms with E-state index in [9.17, 15) is 9.59 Å². The molecule has 0 spiro atoms. The summed E-state index contributed by atoms with van der Waals surface area (Å²) in [5, 5.41) is 0.272. The van der Waals surface area contributed by atoms with Gasteiger partial charge in [-0.25, -0.2) is 4.79 Å². The molecule has 0 aromatic carbocycles. The maximum Gasteiger partial charge on any atom is 0.328 e. The number of nitrogens with zero attached hydrogens (tertiary/aromatic N) is 1. The number of carbonyl (C=O) groups excluding carboxylic acids is 1. The number of pyridine rings is 1. The standard InChI is InChI=1S/C12H15Cl2NO3/c1-7(2)6-18-12(17)8(3)15-5-9(13)4-10(14)11(15)16/h4-5,7-8H,6H2,1-3H3. The third-order valence-corrected chi connectivity index (χ3v) is 2.76. The molecule has 6 heteroatoms. The predicted molar refractivity (Wildman–Crippen MR) is 71.2 cm³/mol. The maximum absolute atomic E-state index is 11.8. The molecule has 18 heavy (non-hydrogen) atoms. The highest BCUT2D eigenvalue weighted by Gasteiger charge is 2.19. The van der Waals surface area contributed by atoms with E-state index in [-0.39, 0.29) is 10.9 Å². The van der Waals surface area contributed by atoms with E-state index in [0.29, 0.717) is 11.6 Å². The smallest absolute Gasteiger partial charge is 0.328 e. The van der Waals surface area contributed by atoms with Crippen molar-refractivity contribution in [3.05, 3.63) is 32.7 Å². The van der Waals surface area contributed by atoms with Crippen molar-refractivity contribution in [1.82, 2.24) is 4.57 Å². The maximum atomic E-state index is 11.8. The lowest BCUT2D eigenvalue weighted by Gasteiger charge is -2.15. The van der Waals surface area contributed by atoms with Crippen LogP contribution in [0.2, 0.25) is 10.0 Å². The first-order chi connectivity index (χ1) is 8.32. The van der Waals surface area contributed by atoms with Crippen LogP contribution in [0.5, 0.6) is 0 Å². The molecule has 4 nitrogen and oxygen atoms in total. The fourth-order valence-electron chi connectivity index (χ4n) is 1.31. The molecule has 0 N–H and O–H groups in total. The summed E-state index contributed by atoms with van der Waals surface area (Å²) in [5.74, 6) is -0.245. The number of rotatable bonds is 4. The van der Waals surface area contributed by atoms with E-state index in [2.05, 4.69) is 0 Å². The van der Waals surface area contributed by atoms with Crippen LogP contribution < -0.4 is 5.56 Å². The van der Waals surface area contributed by atoms with Crippen molar-refractivity contribution in [2.24, 2.45) is 5.92 Å². The first-order valence-corrected chi connectivity index (χ1v) is 6.32. The highest BCUT2D eigenvalue weighted by Crippen LogP contribution is 2.15. The zero-order valence-corrected chi connectivity index (χ0v) is 12.0. The van der Waals surface area contributed by atoms with Crippen LogP contribution in [0.1, 0.15) is 26.8 Å². The SMILES string of the molecule is CC(C)COC(=O)C(C)n1cc(Cl)cc(Cl)c1=O. The topological polar surface area (TPSA) is 48.3 Å².